The van der Waals surface area contributed by atoms with Crippen LogP contribution >= 0.6 is 0 Å². The Labute approximate surface area is 199 Å². The Bertz CT molecular complexity index is 1390. The van der Waals surface area contributed by atoms with E-state index in [4.69, 9.17) is 9.84 Å². The molecule has 34 heavy (non-hydrogen) atoms. The number of hydrogen-bond donors (Lipinski definition) is 1. The molecular weight excluding hydrogens is 450 g/mol. The van der Waals surface area contributed by atoms with Gasteiger partial charge < -0.3 is 15.0 Å². The normalized spacial score (nSPS) is 14.4. The largest absolute Gasteiger partial charge is 0.378 e. The van der Waals surface area contributed by atoms with Crippen molar-refractivity contribution in [2.24, 2.45) is 0 Å². The highest BCUT2D eigenvalue weighted by atomic mass is 32.2. The van der Waals surface area contributed by atoms with Crippen LogP contribution in [0.4, 0.5) is 17.3 Å². The molecule has 1 fully saturated rings. The highest BCUT2D eigenvalue weighted by Crippen LogP contribution is 2.26. The van der Waals surface area contributed by atoms with E-state index in [1.165, 1.54) is 0 Å². The lowest BCUT2D eigenvalue weighted by atomic mass is 10.2. The van der Waals surface area contributed by atoms with Crippen LogP contribution < -0.4 is 10.2 Å². The summed E-state index contributed by atoms with van der Waals surface area (Å²) in [6.07, 6.45) is 2.36. The molecule has 9 heteroatoms. The first kappa shape index (κ1) is 22.4. The van der Waals surface area contributed by atoms with Crippen molar-refractivity contribution in [3.63, 3.8) is 0 Å². The average molecular weight is 478 g/mol. The number of nitrogens with one attached hydrogen (secondary N) is 1. The summed E-state index contributed by atoms with van der Waals surface area (Å²) < 4.78 is 32.0. The summed E-state index contributed by atoms with van der Waals surface area (Å²) in [6.45, 7) is 5.08. The van der Waals surface area contributed by atoms with Crippen LogP contribution in [-0.4, -0.2) is 55.1 Å². The predicted molar refractivity (Wildman–Crippen MR) is 134 cm³/mol. The van der Waals surface area contributed by atoms with Gasteiger partial charge in [-0.3, -0.25) is 0 Å². The van der Waals surface area contributed by atoms with Crippen LogP contribution in [0.1, 0.15) is 13.3 Å². The Morgan fingerprint density at radius 1 is 1.03 bits per heavy atom. The van der Waals surface area contributed by atoms with E-state index in [-0.39, 0.29) is 5.75 Å². The SMILES string of the molecule is CCCS(=O)(=O)c1ccc(-c2ccc3cnc(Nc4cccc(N5CCOCC5)c4)nn23)cc1. The van der Waals surface area contributed by atoms with Crippen molar-refractivity contribution in [3.05, 3.63) is 66.9 Å². The molecule has 1 saturated heterocycles. The fraction of sp³-hybridized carbons (Fsp3) is 0.280. The zero-order valence-electron chi connectivity index (χ0n) is 19.0. The van der Waals surface area contributed by atoms with Gasteiger partial charge in [0.15, 0.2) is 9.84 Å². The number of hydrogen-bond acceptors (Lipinski definition) is 7. The fourth-order valence-corrected chi connectivity index (χ4v) is 5.45. The van der Waals surface area contributed by atoms with Crippen LogP contribution in [0, 0.1) is 0 Å². The number of rotatable bonds is 7. The number of nitrogens with zero attached hydrogens (tertiary/aromatic N) is 4. The third-order valence-electron chi connectivity index (χ3n) is 5.86. The molecule has 0 amide bonds. The van der Waals surface area contributed by atoms with E-state index >= 15 is 0 Å². The molecule has 2 aromatic carbocycles. The lowest BCUT2D eigenvalue weighted by Gasteiger charge is -2.29. The number of anilines is 3. The molecule has 3 heterocycles. The summed E-state index contributed by atoms with van der Waals surface area (Å²) in [5, 5.41) is 8.00. The van der Waals surface area contributed by atoms with Gasteiger partial charge in [-0.1, -0.05) is 25.1 Å². The molecule has 0 spiro atoms. The Morgan fingerprint density at radius 3 is 2.59 bits per heavy atom. The molecule has 0 saturated carbocycles. The second-order valence-electron chi connectivity index (χ2n) is 8.26. The number of ether oxygens (including phenoxy) is 1. The Balaban J connectivity index is 1.41. The van der Waals surface area contributed by atoms with E-state index in [2.05, 4.69) is 27.3 Å². The zero-order valence-corrected chi connectivity index (χ0v) is 19.8. The van der Waals surface area contributed by atoms with E-state index in [1.807, 2.05) is 47.8 Å². The van der Waals surface area contributed by atoms with Crippen molar-refractivity contribution >= 4 is 32.7 Å². The van der Waals surface area contributed by atoms with E-state index in [0.29, 0.717) is 17.3 Å². The molecular formula is C25H27N5O3S. The second-order valence-corrected chi connectivity index (χ2v) is 10.4. The quantitative estimate of drug-likeness (QED) is 0.428. The molecule has 0 radical (unpaired) electrons. The van der Waals surface area contributed by atoms with Crippen molar-refractivity contribution in [2.75, 3.05) is 42.3 Å². The van der Waals surface area contributed by atoms with Crippen molar-refractivity contribution in [2.45, 2.75) is 18.2 Å². The third kappa shape index (κ3) is 4.62. The molecule has 5 rings (SSSR count). The van der Waals surface area contributed by atoms with E-state index < -0.39 is 9.84 Å². The molecule has 1 aliphatic rings. The summed E-state index contributed by atoms with van der Waals surface area (Å²) in [6, 6.07) is 19.1. The fourth-order valence-electron chi connectivity index (χ4n) is 4.13. The van der Waals surface area contributed by atoms with Gasteiger partial charge in [-0.05, 0) is 48.9 Å². The van der Waals surface area contributed by atoms with Gasteiger partial charge in [0.25, 0.3) is 0 Å². The summed E-state index contributed by atoms with van der Waals surface area (Å²) >= 11 is 0. The molecule has 8 nitrogen and oxygen atoms in total. The molecule has 176 valence electrons. The maximum Gasteiger partial charge on any atom is 0.245 e. The average Bonchev–Trinajstić information content (AvgIpc) is 3.28. The highest BCUT2D eigenvalue weighted by molar-refractivity contribution is 7.91. The van der Waals surface area contributed by atoms with Crippen molar-refractivity contribution in [1.29, 1.82) is 0 Å². The van der Waals surface area contributed by atoms with Crippen LogP contribution in [0.3, 0.4) is 0 Å². The third-order valence-corrected chi connectivity index (χ3v) is 7.80. The zero-order chi connectivity index (χ0) is 23.5. The smallest absolute Gasteiger partial charge is 0.245 e. The minimum atomic E-state index is -3.24. The van der Waals surface area contributed by atoms with Gasteiger partial charge in [-0.15, -0.1) is 5.10 Å². The molecule has 0 aliphatic carbocycles. The standard InChI is InChI=1S/C25H27N5O3S/c1-2-16-34(31,32)23-9-6-19(7-10-23)24-11-8-22-18-26-25(28-30(22)24)27-20-4-3-5-21(17-20)29-12-14-33-15-13-29/h3-11,17-18H,2,12-16H2,1H3,(H,27,28). The van der Waals surface area contributed by atoms with E-state index in [1.54, 1.807) is 18.3 Å². The van der Waals surface area contributed by atoms with E-state index in [9.17, 15) is 8.42 Å². The summed E-state index contributed by atoms with van der Waals surface area (Å²) in [5.74, 6) is 0.626. The first-order valence-corrected chi connectivity index (χ1v) is 13.1. The molecule has 1 aliphatic heterocycles. The van der Waals surface area contributed by atoms with Crippen LogP contribution in [0.25, 0.3) is 16.8 Å². The van der Waals surface area contributed by atoms with Crippen molar-refractivity contribution in [3.8, 4) is 11.3 Å². The highest BCUT2D eigenvalue weighted by Gasteiger charge is 2.15. The molecule has 1 N–H and O–H groups in total. The Hall–Kier alpha value is -3.43. The summed E-state index contributed by atoms with van der Waals surface area (Å²) in [7, 11) is -3.24. The predicted octanol–water partition coefficient (Wildman–Crippen LogP) is 4.16. The van der Waals surface area contributed by atoms with Crippen LogP contribution in [0.5, 0.6) is 0 Å². The van der Waals surface area contributed by atoms with E-state index in [0.717, 1.165) is 54.5 Å². The lowest BCUT2D eigenvalue weighted by molar-refractivity contribution is 0.122. The molecule has 0 unspecified atom stereocenters. The number of fused-ring (bicyclic) bond motifs is 1. The van der Waals surface area contributed by atoms with Crippen LogP contribution in [0.2, 0.25) is 0 Å². The first-order chi connectivity index (χ1) is 16.5. The van der Waals surface area contributed by atoms with Gasteiger partial charge >= 0.3 is 0 Å². The van der Waals surface area contributed by atoms with Gasteiger partial charge in [0.05, 0.1) is 41.3 Å². The molecule has 4 aromatic rings. The summed E-state index contributed by atoms with van der Waals surface area (Å²) in [5.41, 5.74) is 4.64. The van der Waals surface area contributed by atoms with Crippen LogP contribution in [0.15, 0.2) is 71.8 Å². The molecule has 0 atom stereocenters. The van der Waals surface area contributed by atoms with Crippen molar-refractivity contribution < 1.29 is 13.2 Å². The molecule has 0 bridgehead atoms. The minimum Gasteiger partial charge on any atom is -0.378 e. The van der Waals surface area contributed by atoms with Crippen LogP contribution in [-0.2, 0) is 14.6 Å². The monoisotopic (exact) mass is 477 g/mol. The number of sulfone groups is 1. The van der Waals surface area contributed by atoms with Gasteiger partial charge in [-0.2, -0.15) is 0 Å². The second kappa shape index (κ2) is 9.44. The van der Waals surface area contributed by atoms with Gasteiger partial charge in [0.1, 0.15) is 0 Å². The maximum atomic E-state index is 12.3. The number of benzene rings is 2. The van der Waals surface area contributed by atoms with Gasteiger partial charge in [0.2, 0.25) is 5.95 Å². The van der Waals surface area contributed by atoms with Gasteiger partial charge in [-0.25, -0.2) is 17.9 Å². The lowest BCUT2D eigenvalue weighted by Crippen LogP contribution is -2.36. The first-order valence-electron chi connectivity index (χ1n) is 11.4. The summed E-state index contributed by atoms with van der Waals surface area (Å²) in [4.78, 5) is 7.10. The number of aromatic nitrogens is 3. The van der Waals surface area contributed by atoms with Gasteiger partial charge in [0, 0.05) is 30.0 Å². The van der Waals surface area contributed by atoms with Crippen molar-refractivity contribution in [1.82, 2.24) is 14.6 Å². The minimum absolute atomic E-state index is 0.148. The molecule has 2 aromatic heterocycles. The topological polar surface area (TPSA) is 88.8 Å². The Kier molecular flexibility index (Phi) is 6.21. The Morgan fingerprint density at radius 2 is 1.82 bits per heavy atom. The number of morpholine rings is 1. The maximum absolute atomic E-state index is 12.3.